The summed E-state index contributed by atoms with van der Waals surface area (Å²) in [5.74, 6) is 0. The molecule has 0 N–H and O–H groups in total. The zero-order chi connectivity index (χ0) is 8.65. The van der Waals surface area contributed by atoms with Crippen molar-refractivity contribution >= 4 is 0 Å². The second-order valence-electron chi connectivity index (χ2n) is 3.57. The summed E-state index contributed by atoms with van der Waals surface area (Å²) in [7, 11) is 0. The number of hydrogen-bond acceptors (Lipinski definition) is 0. The van der Waals surface area contributed by atoms with Gasteiger partial charge in [0.1, 0.15) is 0 Å². The molecule has 0 bridgehead atoms. The van der Waals surface area contributed by atoms with E-state index in [4.69, 9.17) is 0 Å². The average Bonchev–Trinajstić information content (AvgIpc) is 2.14. The molecule has 0 nitrogen and oxygen atoms in total. The molecular formula is C12H20. The lowest BCUT2D eigenvalue weighted by atomic mass is 9.99. The normalized spacial score (nSPS) is 18.2. The van der Waals surface area contributed by atoms with Crippen LogP contribution in [-0.4, -0.2) is 0 Å². The summed E-state index contributed by atoms with van der Waals surface area (Å²) < 4.78 is 0. The van der Waals surface area contributed by atoms with E-state index in [2.05, 4.69) is 25.2 Å². The van der Waals surface area contributed by atoms with Crippen molar-refractivity contribution < 1.29 is 0 Å². The van der Waals surface area contributed by atoms with Gasteiger partial charge in [0.2, 0.25) is 0 Å². The minimum Gasteiger partial charge on any atom is -0.0843 e. The monoisotopic (exact) mass is 164 g/mol. The Bertz CT molecular complexity index is 163. The van der Waals surface area contributed by atoms with Crippen LogP contribution in [0.2, 0.25) is 0 Å². The molecule has 0 aromatic rings. The Morgan fingerprint density at radius 2 is 2.33 bits per heavy atom. The van der Waals surface area contributed by atoms with Crippen LogP contribution in [0.15, 0.2) is 23.8 Å². The molecule has 0 fully saturated rings. The Morgan fingerprint density at radius 3 is 3.00 bits per heavy atom. The molecular weight excluding hydrogens is 144 g/mol. The van der Waals surface area contributed by atoms with Crippen molar-refractivity contribution in [2.24, 2.45) is 0 Å². The van der Waals surface area contributed by atoms with Gasteiger partial charge in [-0.25, -0.2) is 0 Å². The number of hydrogen-bond donors (Lipinski definition) is 0. The van der Waals surface area contributed by atoms with Crippen LogP contribution in [0.3, 0.4) is 0 Å². The molecule has 1 rings (SSSR count). The topological polar surface area (TPSA) is 0 Å². The molecule has 0 atom stereocenters. The van der Waals surface area contributed by atoms with E-state index in [-0.39, 0.29) is 0 Å². The van der Waals surface area contributed by atoms with Gasteiger partial charge in [0.05, 0.1) is 0 Å². The maximum absolute atomic E-state index is 2.39. The molecule has 0 heterocycles. The standard InChI is InChI=1S/C12H20/c1-2-3-4-6-9-12-10-7-5-8-11-12/h6,9-10H,2-5,7-8,11H2,1H3/b9-6-. The van der Waals surface area contributed by atoms with E-state index in [0.717, 1.165) is 0 Å². The van der Waals surface area contributed by atoms with E-state index in [1.807, 2.05) is 0 Å². The predicted molar refractivity (Wildman–Crippen MR) is 55.2 cm³/mol. The summed E-state index contributed by atoms with van der Waals surface area (Å²) in [5, 5.41) is 0. The van der Waals surface area contributed by atoms with Gasteiger partial charge in [-0.15, -0.1) is 0 Å². The maximum atomic E-state index is 2.39. The van der Waals surface area contributed by atoms with Gasteiger partial charge in [-0.05, 0) is 32.1 Å². The highest BCUT2D eigenvalue weighted by molar-refractivity contribution is 5.19. The second-order valence-corrected chi connectivity index (χ2v) is 3.57. The lowest BCUT2D eigenvalue weighted by Gasteiger charge is -2.07. The minimum absolute atomic E-state index is 1.26. The van der Waals surface area contributed by atoms with Crippen molar-refractivity contribution in [1.29, 1.82) is 0 Å². The van der Waals surface area contributed by atoms with Gasteiger partial charge in [-0.2, -0.15) is 0 Å². The van der Waals surface area contributed by atoms with E-state index < -0.39 is 0 Å². The Balaban J connectivity index is 2.19. The van der Waals surface area contributed by atoms with Crippen molar-refractivity contribution in [3.63, 3.8) is 0 Å². The molecule has 1 aliphatic rings. The van der Waals surface area contributed by atoms with Gasteiger partial charge < -0.3 is 0 Å². The first kappa shape index (κ1) is 9.57. The number of unbranched alkanes of at least 4 members (excludes halogenated alkanes) is 2. The maximum Gasteiger partial charge on any atom is -0.0282 e. The first-order valence-electron chi connectivity index (χ1n) is 5.29. The van der Waals surface area contributed by atoms with E-state index in [9.17, 15) is 0 Å². The van der Waals surface area contributed by atoms with Crippen LogP contribution < -0.4 is 0 Å². The third-order valence-electron chi connectivity index (χ3n) is 2.38. The van der Waals surface area contributed by atoms with Gasteiger partial charge in [0, 0.05) is 0 Å². The second kappa shape index (κ2) is 6.05. The van der Waals surface area contributed by atoms with Crippen LogP contribution in [0.1, 0.15) is 51.9 Å². The summed E-state index contributed by atoms with van der Waals surface area (Å²) >= 11 is 0. The van der Waals surface area contributed by atoms with Gasteiger partial charge in [-0.1, -0.05) is 43.6 Å². The molecule has 0 heteroatoms. The van der Waals surface area contributed by atoms with Crippen LogP contribution in [-0.2, 0) is 0 Å². The molecule has 1 aliphatic carbocycles. The fraction of sp³-hybridized carbons (Fsp3) is 0.667. The highest BCUT2D eigenvalue weighted by Gasteiger charge is 1.98. The van der Waals surface area contributed by atoms with E-state index in [1.54, 1.807) is 5.57 Å². The van der Waals surface area contributed by atoms with Gasteiger partial charge in [0.15, 0.2) is 0 Å². The first-order valence-corrected chi connectivity index (χ1v) is 5.29. The third-order valence-corrected chi connectivity index (χ3v) is 2.38. The SMILES string of the molecule is CCCC/C=C\C1=CCCCC1. The van der Waals surface area contributed by atoms with Crippen molar-refractivity contribution in [2.75, 3.05) is 0 Å². The molecule has 0 amide bonds. The van der Waals surface area contributed by atoms with Crippen LogP contribution in [0.5, 0.6) is 0 Å². The van der Waals surface area contributed by atoms with Crippen LogP contribution in [0.25, 0.3) is 0 Å². The van der Waals surface area contributed by atoms with E-state index >= 15 is 0 Å². The summed E-state index contributed by atoms with van der Waals surface area (Å²) in [5.41, 5.74) is 1.57. The Labute approximate surface area is 76.4 Å². The van der Waals surface area contributed by atoms with E-state index in [1.165, 1.54) is 44.9 Å². The highest BCUT2D eigenvalue weighted by Crippen LogP contribution is 2.18. The molecule has 68 valence electrons. The summed E-state index contributed by atoms with van der Waals surface area (Å²) in [4.78, 5) is 0. The average molecular weight is 164 g/mol. The van der Waals surface area contributed by atoms with Crippen molar-refractivity contribution in [2.45, 2.75) is 51.9 Å². The molecule has 0 radical (unpaired) electrons. The fourth-order valence-electron chi connectivity index (χ4n) is 1.57. The van der Waals surface area contributed by atoms with Gasteiger partial charge in [0.25, 0.3) is 0 Å². The zero-order valence-corrected chi connectivity index (χ0v) is 8.18. The Kier molecular flexibility index (Phi) is 4.82. The molecule has 0 saturated heterocycles. The molecule has 0 aromatic carbocycles. The highest BCUT2D eigenvalue weighted by atomic mass is 14.0. The fourth-order valence-corrected chi connectivity index (χ4v) is 1.57. The Hall–Kier alpha value is -0.520. The van der Waals surface area contributed by atoms with Crippen LogP contribution >= 0.6 is 0 Å². The van der Waals surface area contributed by atoms with Crippen molar-refractivity contribution in [3.05, 3.63) is 23.8 Å². The zero-order valence-electron chi connectivity index (χ0n) is 8.18. The number of rotatable bonds is 4. The lowest BCUT2D eigenvalue weighted by molar-refractivity contribution is 0.711. The lowest BCUT2D eigenvalue weighted by Crippen LogP contribution is -1.87. The molecule has 0 aromatic heterocycles. The van der Waals surface area contributed by atoms with Gasteiger partial charge in [-0.3, -0.25) is 0 Å². The molecule has 0 spiro atoms. The van der Waals surface area contributed by atoms with Crippen molar-refractivity contribution in [1.82, 2.24) is 0 Å². The van der Waals surface area contributed by atoms with Crippen LogP contribution in [0.4, 0.5) is 0 Å². The largest absolute Gasteiger partial charge is 0.0843 e. The Morgan fingerprint density at radius 1 is 1.42 bits per heavy atom. The summed E-state index contributed by atoms with van der Waals surface area (Å²) in [6, 6.07) is 0. The molecule has 0 saturated carbocycles. The molecule has 0 aliphatic heterocycles. The predicted octanol–water partition coefficient (Wildman–Crippen LogP) is 4.23. The smallest absolute Gasteiger partial charge is 0.0282 e. The molecule has 0 unspecified atom stereocenters. The number of allylic oxidation sites excluding steroid dienone is 4. The quantitative estimate of drug-likeness (QED) is 0.545. The summed E-state index contributed by atoms with van der Waals surface area (Å²) in [6.07, 6.45) is 16.4. The third kappa shape index (κ3) is 3.75. The van der Waals surface area contributed by atoms with Crippen molar-refractivity contribution in [3.8, 4) is 0 Å². The van der Waals surface area contributed by atoms with Crippen LogP contribution in [0, 0.1) is 0 Å². The van der Waals surface area contributed by atoms with Gasteiger partial charge >= 0.3 is 0 Å². The van der Waals surface area contributed by atoms with E-state index in [0.29, 0.717) is 0 Å². The molecule has 12 heavy (non-hydrogen) atoms. The summed E-state index contributed by atoms with van der Waals surface area (Å²) in [6.45, 7) is 2.24. The minimum atomic E-state index is 1.26. The first-order chi connectivity index (χ1) is 5.93.